The summed E-state index contributed by atoms with van der Waals surface area (Å²) in [5.41, 5.74) is 2.30. The maximum Gasteiger partial charge on any atom is 0.229 e. The van der Waals surface area contributed by atoms with Crippen molar-refractivity contribution in [3.63, 3.8) is 0 Å². The summed E-state index contributed by atoms with van der Waals surface area (Å²) >= 11 is 6.16. The number of nitrogens with one attached hydrogen (secondary N) is 1. The molecule has 0 aliphatic carbocycles. The molecule has 27 heavy (non-hydrogen) atoms. The van der Waals surface area contributed by atoms with Crippen molar-refractivity contribution in [1.82, 2.24) is 0 Å². The number of hydrogen-bond donors (Lipinski definition) is 1. The lowest BCUT2D eigenvalue weighted by Gasteiger charge is -2.19. The van der Waals surface area contributed by atoms with E-state index < -0.39 is 5.92 Å². The second-order valence-corrected chi connectivity index (χ2v) is 7.06. The number of rotatable bonds is 6. The monoisotopic (exact) mass is 386 g/mol. The van der Waals surface area contributed by atoms with Gasteiger partial charge in [-0.25, -0.2) is 0 Å². The van der Waals surface area contributed by atoms with E-state index in [0.717, 1.165) is 23.4 Å². The first-order valence-corrected chi connectivity index (χ1v) is 9.46. The van der Waals surface area contributed by atoms with Gasteiger partial charge in [-0.05, 0) is 55.3 Å². The highest BCUT2D eigenvalue weighted by Crippen LogP contribution is 2.31. The molecule has 0 radical (unpaired) electrons. The highest BCUT2D eigenvalue weighted by molar-refractivity contribution is 6.31. The van der Waals surface area contributed by atoms with Crippen LogP contribution in [-0.2, 0) is 9.59 Å². The summed E-state index contributed by atoms with van der Waals surface area (Å²) in [7, 11) is 0. The van der Waals surface area contributed by atoms with Crippen LogP contribution in [0.15, 0.2) is 42.5 Å². The fraction of sp³-hybridized carbons (Fsp3) is 0.333. The minimum Gasteiger partial charge on any atom is -0.494 e. The Kier molecular flexibility index (Phi) is 6.01. The smallest absolute Gasteiger partial charge is 0.229 e. The Morgan fingerprint density at radius 3 is 2.70 bits per heavy atom. The Morgan fingerprint density at radius 2 is 2.00 bits per heavy atom. The van der Waals surface area contributed by atoms with Crippen molar-refractivity contribution in [3.05, 3.63) is 53.1 Å². The predicted molar refractivity (Wildman–Crippen MR) is 108 cm³/mol. The van der Waals surface area contributed by atoms with Crippen molar-refractivity contribution in [2.45, 2.75) is 26.7 Å². The summed E-state index contributed by atoms with van der Waals surface area (Å²) in [6.07, 6.45) is 1.13. The van der Waals surface area contributed by atoms with Gasteiger partial charge in [-0.1, -0.05) is 24.6 Å². The van der Waals surface area contributed by atoms with Crippen LogP contribution >= 0.6 is 11.6 Å². The molecule has 0 saturated carbocycles. The van der Waals surface area contributed by atoms with E-state index in [1.54, 1.807) is 23.1 Å². The zero-order valence-electron chi connectivity index (χ0n) is 15.5. The molecule has 1 fully saturated rings. The van der Waals surface area contributed by atoms with Crippen LogP contribution in [0.5, 0.6) is 5.75 Å². The van der Waals surface area contributed by atoms with Gasteiger partial charge in [0.05, 0.1) is 12.5 Å². The summed E-state index contributed by atoms with van der Waals surface area (Å²) < 4.78 is 5.54. The van der Waals surface area contributed by atoms with Crippen LogP contribution in [0.3, 0.4) is 0 Å². The summed E-state index contributed by atoms with van der Waals surface area (Å²) in [5, 5.41) is 3.50. The molecule has 2 amide bonds. The maximum absolute atomic E-state index is 12.6. The molecule has 142 valence electrons. The SMILES string of the molecule is CCCOc1ccc(NC(=O)[C@@H]2CC(=O)N(c3cccc(Cl)c3C)C2)cc1. The van der Waals surface area contributed by atoms with Crippen molar-refractivity contribution < 1.29 is 14.3 Å². The third-order valence-corrected chi connectivity index (χ3v) is 5.03. The van der Waals surface area contributed by atoms with Crippen LogP contribution in [0.1, 0.15) is 25.3 Å². The molecule has 2 aromatic carbocycles. The first-order valence-electron chi connectivity index (χ1n) is 9.08. The number of ether oxygens (including phenoxy) is 1. The number of anilines is 2. The Labute approximate surface area is 164 Å². The number of carbonyl (C=O) groups is 2. The van der Waals surface area contributed by atoms with Gasteiger partial charge >= 0.3 is 0 Å². The van der Waals surface area contributed by atoms with E-state index in [1.807, 2.05) is 38.1 Å². The molecule has 0 bridgehead atoms. The van der Waals surface area contributed by atoms with Crippen molar-refractivity contribution >= 4 is 34.8 Å². The topological polar surface area (TPSA) is 58.6 Å². The first kappa shape index (κ1) is 19.2. The van der Waals surface area contributed by atoms with Gasteiger partial charge in [-0.15, -0.1) is 0 Å². The van der Waals surface area contributed by atoms with Crippen LogP contribution in [0.25, 0.3) is 0 Å². The summed E-state index contributed by atoms with van der Waals surface area (Å²) in [4.78, 5) is 26.7. The number of carbonyl (C=O) groups excluding carboxylic acids is 2. The predicted octanol–water partition coefficient (Wildman–Crippen LogP) is 4.43. The van der Waals surface area contributed by atoms with Crippen molar-refractivity contribution in [1.29, 1.82) is 0 Å². The number of nitrogens with zero attached hydrogens (tertiary/aromatic N) is 1. The van der Waals surface area contributed by atoms with Gasteiger partial charge in [0.25, 0.3) is 0 Å². The van der Waals surface area contributed by atoms with Gasteiger partial charge in [0.15, 0.2) is 0 Å². The molecule has 6 heteroatoms. The average Bonchev–Trinajstić information content (AvgIpc) is 3.05. The second-order valence-electron chi connectivity index (χ2n) is 6.65. The Balaban J connectivity index is 1.64. The molecule has 2 aromatic rings. The zero-order valence-corrected chi connectivity index (χ0v) is 16.3. The minimum atomic E-state index is -0.396. The number of benzene rings is 2. The molecule has 0 spiro atoms. The van der Waals surface area contributed by atoms with Gasteiger partial charge in [0.1, 0.15) is 5.75 Å². The second kappa shape index (κ2) is 8.44. The van der Waals surface area contributed by atoms with E-state index in [2.05, 4.69) is 5.32 Å². The summed E-state index contributed by atoms with van der Waals surface area (Å²) in [6, 6.07) is 12.7. The normalized spacial score (nSPS) is 16.5. The quantitative estimate of drug-likeness (QED) is 0.799. The Morgan fingerprint density at radius 1 is 1.26 bits per heavy atom. The lowest BCUT2D eigenvalue weighted by Crippen LogP contribution is -2.28. The van der Waals surface area contributed by atoms with E-state index in [1.165, 1.54) is 0 Å². The van der Waals surface area contributed by atoms with Gasteiger partial charge in [-0.3, -0.25) is 9.59 Å². The number of amides is 2. The fourth-order valence-corrected chi connectivity index (χ4v) is 3.27. The molecule has 1 atom stereocenters. The number of hydrogen-bond acceptors (Lipinski definition) is 3. The standard InChI is InChI=1S/C21H23ClN2O3/c1-3-11-27-17-9-7-16(8-10-17)23-21(26)15-12-20(25)24(13-15)19-6-4-5-18(22)14(19)2/h4-10,15H,3,11-13H2,1-2H3,(H,23,26)/t15-/m1/s1. The van der Waals surface area contributed by atoms with Crippen LogP contribution in [0.4, 0.5) is 11.4 Å². The first-order chi connectivity index (χ1) is 13.0. The molecule has 1 heterocycles. The largest absolute Gasteiger partial charge is 0.494 e. The van der Waals surface area contributed by atoms with Gasteiger partial charge in [0, 0.05) is 29.4 Å². The maximum atomic E-state index is 12.6. The lowest BCUT2D eigenvalue weighted by atomic mass is 10.1. The van der Waals surface area contributed by atoms with E-state index >= 15 is 0 Å². The Bertz CT molecular complexity index is 836. The molecule has 1 aliphatic rings. The molecule has 0 aromatic heterocycles. The highest BCUT2D eigenvalue weighted by atomic mass is 35.5. The third-order valence-electron chi connectivity index (χ3n) is 4.62. The Hall–Kier alpha value is -2.53. The zero-order chi connectivity index (χ0) is 19.4. The summed E-state index contributed by atoms with van der Waals surface area (Å²) in [5.74, 6) is 0.150. The van der Waals surface area contributed by atoms with Crippen molar-refractivity contribution in [2.75, 3.05) is 23.4 Å². The van der Waals surface area contributed by atoms with Crippen molar-refractivity contribution in [2.24, 2.45) is 5.92 Å². The van der Waals surface area contributed by atoms with E-state index in [9.17, 15) is 9.59 Å². The molecule has 1 saturated heterocycles. The molecular formula is C21H23ClN2O3. The molecular weight excluding hydrogens is 364 g/mol. The van der Waals surface area contributed by atoms with Crippen LogP contribution in [0.2, 0.25) is 5.02 Å². The van der Waals surface area contributed by atoms with Crippen LogP contribution in [-0.4, -0.2) is 25.0 Å². The van der Waals surface area contributed by atoms with E-state index in [4.69, 9.17) is 16.3 Å². The molecule has 1 N–H and O–H groups in total. The summed E-state index contributed by atoms with van der Waals surface area (Å²) in [6.45, 7) is 4.93. The van der Waals surface area contributed by atoms with E-state index in [-0.39, 0.29) is 18.2 Å². The van der Waals surface area contributed by atoms with Gasteiger partial charge in [-0.2, -0.15) is 0 Å². The molecule has 3 rings (SSSR count). The minimum absolute atomic E-state index is 0.0659. The van der Waals surface area contributed by atoms with Gasteiger partial charge in [0.2, 0.25) is 11.8 Å². The fourth-order valence-electron chi connectivity index (χ4n) is 3.10. The third kappa shape index (κ3) is 4.42. The lowest BCUT2D eigenvalue weighted by molar-refractivity contribution is -0.122. The van der Waals surface area contributed by atoms with Crippen LogP contribution < -0.4 is 15.0 Å². The molecule has 1 aliphatic heterocycles. The van der Waals surface area contributed by atoms with E-state index in [0.29, 0.717) is 23.9 Å². The molecule has 5 nitrogen and oxygen atoms in total. The number of halogens is 1. The van der Waals surface area contributed by atoms with Gasteiger partial charge < -0.3 is 15.0 Å². The van der Waals surface area contributed by atoms with Crippen LogP contribution in [0, 0.1) is 12.8 Å². The average molecular weight is 387 g/mol. The molecule has 0 unspecified atom stereocenters. The highest BCUT2D eigenvalue weighted by Gasteiger charge is 2.35. The van der Waals surface area contributed by atoms with Crippen molar-refractivity contribution in [3.8, 4) is 5.75 Å².